The molecule has 2 atom stereocenters. The molecule has 0 amide bonds. The number of fused-ring (bicyclic) bond motifs is 2. The van der Waals surface area contributed by atoms with Crippen LogP contribution in [-0.2, 0) is 20.7 Å². The average molecular weight is 459 g/mol. The number of hydrogen-bond acceptors (Lipinski definition) is 4. The minimum Gasteiger partial charge on any atom is -0.491 e. The third kappa shape index (κ3) is 5.74. The molecule has 5 nitrogen and oxygen atoms in total. The van der Waals surface area contributed by atoms with Gasteiger partial charge in [0.05, 0.1) is 6.61 Å². The van der Waals surface area contributed by atoms with Gasteiger partial charge in [-0.25, -0.2) is 4.79 Å². The summed E-state index contributed by atoms with van der Waals surface area (Å²) >= 11 is 0. The van der Waals surface area contributed by atoms with Crippen molar-refractivity contribution in [3.8, 4) is 5.75 Å². The molecule has 4 rings (SSSR count). The van der Waals surface area contributed by atoms with Crippen molar-refractivity contribution in [3.05, 3.63) is 100 Å². The number of aryl methyl sites for hydroxylation is 1. The molecule has 3 aromatic rings. The van der Waals surface area contributed by atoms with Crippen LogP contribution in [0.1, 0.15) is 46.4 Å². The Hall–Kier alpha value is -3.41. The first kappa shape index (κ1) is 23.7. The fourth-order valence-electron chi connectivity index (χ4n) is 4.19. The zero-order chi connectivity index (χ0) is 23.9. The first-order valence-electron chi connectivity index (χ1n) is 11.6. The van der Waals surface area contributed by atoms with Crippen LogP contribution in [-0.4, -0.2) is 37.0 Å². The van der Waals surface area contributed by atoms with Crippen molar-refractivity contribution >= 4 is 18.1 Å². The lowest BCUT2D eigenvalue weighted by Crippen LogP contribution is -2.26. The van der Waals surface area contributed by atoms with Crippen LogP contribution in [0.4, 0.5) is 0 Å². The maximum Gasteiger partial charge on any atom is 0.333 e. The summed E-state index contributed by atoms with van der Waals surface area (Å²) in [6.07, 6.45) is 3.62. The molecule has 2 unspecified atom stereocenters. The molecule has 0 fully saturated rings. The van der Waals surface area contributed by atoms with Gasteiger partial charge in [-0.3, -0.25) is 0 Å². The minimum atomic E-state index is -0.952. The van der Waals surface area contributed by atoms with Gasteiger partial charge < -0.3 is 19.3 Å². The molecular weight excluding hydrogens is 428 g/mol. The van der Waals surface area contributed by atoms with Gasteiger partial charge in [0.2, 0.25) is 0 Å². The normalized spacial score (nSPS) is 15.2. The molecule has 5 heteroatoms. The summed E-state index contributed by atoms with van der Waals surface area (Å²) in [4.78, 5) is 11.3. The van der Waals surface area contributed by atoms with E-state index >= 15 is 0 Å². The Morgan fingerprint density at radius 3 is 2.44 bits per heavy atom. The number of carbonyl (C=O) groups is 1. The first-order chi connectivity index (χ1) is 16.5. The standard InChI is InChI=1S/C29H30O5/c1-3-32-27(29(30)31)19-21-9-13-24(14-10-21)33-16-17-34-28-25-7-5-4-6-22(25)11-12-23-18-20(2)8-15-26(23)28/h4-15,18,27-28H,3,16-17,19H2,1-2H3,(H,30,31). The average Bonchev–Trinajstić information content (AvgIpc) is 2.99. The Kier molecular flexibility index (Phi) is 7.78. The molecular formula is C29H30O5. The van der Waals surface area contributed by atoms with E-state index in [1.54, 1.807) is 6.92 Å². The summed E-state index contributed by atoms with van der Waals surface area (Å²) in [7, 11) is 0. The van der Waals surface area contributed by atoms with E-state index in [1.807, 2.05) is 36.4 Å². The summed E-state index contributed by atoms with van der Waals surface area (Å²) in [5.74, 6) is -0.235. The highest BCUT2D eigenvalue weighted by Gasteiger charge is 2.22. The predicted molar refractivity (Wildman–Crippen MR) is 133 cm³/mol. The van der Waals surface area contributed by atoms with Crippen molar-refractivity contribution in [2.24, 2.45) is 0 Å². The molecule has 176 valence electrons. The Bertz CT molecular complexity index is 1150. The van der Waals surface area contributed by atoms with Crippen molar-refractivity contribution in [3.63, 3.8) is 0 Å². The van der Waals surface area contributed by atoms with Gasteiger partial charge in [0.15, 0.2) is 6.10 Å². The van der Waals surface area contributed by atoms with Crippen molar-refractivity contribution in [2.45, 2.75) is 32.5 Å². The van der Waals surface area contributed by atoms with Crippen LogP contribution in [0, 0.1) is 6.92 Å². The van der Waals surface area contributed by atoms with E-state index in [2.05, 4.69) is 49.4 Å². The van der Waals surface area contributed by atoms with Crippen LogP contribution in [0.25, 0.3) is 12.2 Å². The molecule has 0 radical (unpaired) electrons. The van der Waals surface area contributed by atoms with Crippen LogP contribution in [0.3, 0.4) is 0 Å². The number of ether oxygens (including phenoxy) is 3. The molecule has 0 heterocycles. The van der Waals surface area contributed by atoms with Gasteiger partial charge in [0.25, 0.3) is 0 Å². The highest BCUT2D eigenvalue weighted by Crippen LogP contribution is 2.35. The van der Waals surface area contributed by atoms with Crippen LogP contribution in [0.5, 0.6) is 5.75 Å². The molecule has 1 aliphatic rings. The monoisotopic (exact) mass is 458 g/mol. The van der Waals surface area contributed by atoms with Crippen molar-refractivity contribution < 1.29 is 24.1 Å². The zero-order valence-corrected chi connectivity index (χ0v) is 19.6. The van der Waals surface area contributed by atoms with Gasteiger partial charge in [-0.1, -0.05) is 72.3 Å². The summed E-state index contributed by atoms with van der Waals surface area (Å²) in [5, 5.41) is 9.26. The number of rotatable bonds is 10. The van der Waals surface area contributed by atoms with Crippen LogP contribution in [0.2, 0.25) is 0 Å². The van der Waals surface area contributed by atoms with E-state index in [4.69, 9.17) is 14.2 Å². The molecule has 1 aliphatic carbocycles. The molecule has 0 spiro atoms. The lowest BCUT2D eigenvalue weighted by atomic mass is 9.95. The van der Waals surface area contributed by atoms with Crippen LogP contribution in [0.15, 0.2) is 66.7 Å². The molecule has 0 aromatic heterocycles. The Balaban J connectivity index is 1.38. The van der Waals surface area contributed by atoms with Crippen molar-refractivity contribution in [2.75, 3.05) is 19.8 Å². The fourth-order valence-corrected chi connectivity index (χ4v) is 4.19. The van der Waals surface area contributed by atoms with E-state index in [-0.39, 0.29) is 6.10 Å². The van der Waals surface area contributed by atoms with Gasteiger partial charge in [-0.05, 0) is 53.8 Å². The van der Waals surface area contributed by atoms with Gasteiger partial charge in [0.1, 0.15) is 18.5 Å². The van der Waals surface area contributed by atoms with Gasteiger partial charge in [0, 0.05) is 13.0 Å². The van der Waals surface area contributed by atoms with E-state index in [0.717, 1.165) is 28.0 Å². The summed E-state index contributed by atoms with van der Waals surface area (Å²) in [6.45, 7) is 5.09. The minimum absolute atomic E-state index is 0.167. The topological polar surface area (TPSA) is 65.0 Å². The van der Waals surface area contributed by atoms with E-state index in [1.165, 1.54) is 11.1 Å². The van der Waals surface area contributed by atoms with Crippen molar-refractivity contribution in [1.82, 2.24) is 0 Å². The van der Waals surface area contributed by atoms with Crippen molar-refractivity contribution in [1.29, 1.82) is 0 Å². The first-order valence-corrected chi connectivity index (χ1v) is 11.6. The molecule has 0 saturated heterocycles. The fraction of sp³-hybridized carbons (Fsp3) is 0.276. The molecule has 34 heavy (non-hydrogen) atoms. The largest absolute Gasteiger partial charge is 0.491 e. The second kappa shape index (κ2) is 11.1. The van der Waals surface area contributed by atoms with Crippen LogP contribution >= 0.6 is 0 Å². The summed E-state index contributed by atoms with van der Waals surface area (Å²) in [5.41, 5.74) is 6.73. The second-order valence-electron chi connectivity index (χ2n) is 8.32. The van der Waals surface area contributed by atoms with E-state index in [9.17, 15) is 9.90 Å². The molecule has 0 aliphatic heterocycles. The predicted octanol–water partition coefficient (Wildman–Crippen LogP) is 5.70. The summed E-state index contributed by atoms with van der Waals surface area (Å²) < 4.78 is 17.5. The number of carboxylic acid groups (broad SMARTS) is 1. The second-order valence-corrected chi connectivity index (χ2v) is 8.32. The highest BCUT2D eigenvalue weighted by atomic mass is 16.5. The van der Waals surface area contributed by atoms with E-state index in [0.29, 0.717) is 26.2 Å². The maximum atomic E-state index is 11.3. The quantitative estimate of drug-likeness (QED) is 0.395. The SMILES string of the molecule is CCOC(Cc1ccc(OCCOC2c3ccccc3C=Cc3cc(C)ccc32)cc1)C(=O)O. The van der Waals surface area contributed by atoms with Gasteiger partial charge >= 0.3 is 5.97 Å². The smallest absolute Gasteiger partial charge is 0.333 e. The number of carboxylic acids is 1. The number of aliphatic carboxylic acids is 1. The maximum absolute atomic E-state index is 11.3. The molecule has 3 aromatic carbocycles. The Labute approximate surface area is 200 Å². The highest BCUT2D eigenvalue weighted by molar-refractivity contribution is 5.76. The number of hydrogen-bond donors (Lipinski definition) is 1. The molecule has 1 N–H and O–H groups in total. The van der Waals surface area contributed by atoms with E-state index < -0.39 is 12.1 Å². The lowest BCUT2D eigenvalue weighted by Gasteiger charge is -2.21. The lowest BCUT2D eigenvalue weighted by molar-refractivity contribution is -0.149. The molecule has 0 saturated carbocycles. The Morgan fingerprint density at radius 1 is 0.941 bits per heavy atom. The van der Waals surface area contributed by atoms with Gasteiger partial charge in [-0.15, -0.1) is 0 Å². The Morgan fingerprint density at radius 2 is 1.68 bits per heavy atom. The third-order valence-corrected chi connectivity index (χ3v) is 5.87. The molecule has 0 bridgehead atoms. The van der Waals surface area contributed by atoms with Gasteiger partial charge in [-0.2, -0.15) is 0 Å². The number of benzene rings is 3. The van der Waals surface area contributed by atoms with Crippen LogP contribution < -0.4 is 4.74 Å². The zero-order valence-electron chi connectivity index (χ0n) is 19.6. The summed E-state index contributed by atoms with van der Waals surface area (Å²) in [6, 6.07) is 22.2. The third-order valence-electron chi connectivity index (χ3n) is 5.87.